The summed E-state index contributed by atoms with van der Waals surface area (Å²) < 4.78 is 8.05. The average Bonchev–Trinajstić information content (AvgIpc) is 3.03. The van der Waals surface area contributed by atoms with E-state index in [1.54, 1.807) is 11.8 Å². The SMILES string of the molecule is CCCn1c(Cc2ccccc2)nnc1SCCOc1ccc(C)cc1. The van der Waals surface area contributed by atoms with Crippen molar-refractivity contribution in [1.29, 1.82) is 0 Å². The molecule has 0 fully saturated rings. The van der Waals surface area contributed by atoms with Crippen molar-refractivity contribution < 1.29 is 4.74 Å². The van der Waals surface area contributed by atoms with E-state index in [0.717, 1.165) is 41.9 Å². The Kier molecular flexibility index (Phi) is 6.72. The number of rotatable bonds is 9. The van der Waals surface area contributed by atoms with Crippen molar-refractivity contribution in [2.45, 2.75) is 38.4 Å². The van der Waals surface area contributed by atoms with Crippen LogP contribution >= 0.6 is 11.8 Å². The lowest BCUT2D eigenvalue weighted by Crippen LogP contribution is -2.07. The van der Waals surface area contributed by atoms with E-state index in [1.165, 1.54) is 11.1 Å². The van der Waals surface area contributed by atoms with Crippen LogP contribution in [0.2, 0.25) is 0 Å². The number of benzene rings is 2. The second kappa shape index (κ2) is 9.43. The summed E-state index contributed by atoms with van der Waals surface area (Å²) in [5.74, 6) is 2.79. The Morgan fingerprint density at radius 1 is 1.00 bits per heavy atom. The first kappa shape index (κ1) is 18.5. The highest BCUT2D eigenvalue weighted by atomic mass is 32.2. The van der Waals surface area contributed by atoms with Gasteiger partial charge in [-0.2, -0.15) is 0 Å². The van der Waals surface area contributed by atoms with Crippen LogP contribution in [0.1, 0.15) is 30.3 Å². The standard InChI is InChI=1S/C21H25N3OS/c1-3-13-24-20(16-18-7-5-4-6-8-18)22-23-21(24)26-15-14-25-19-11-9-17(2)10-12-19/h4-12H,3,13-16H2,1-2H3. The zero-order valence-electron chi connectivity index (χ0n) is 15.4. The van der Waals surface area contributed by atoms with E-state index in [0.29, 0.717) is 6.61 Å². The van der Waals surface area contributed by atoms with Crippen LogP contribution < -0.4 is 4.74 Å². The van der Waals surface area contributed by atoms with Gasteiger partial charge in [-0.3, -0.25) is 0 Å². The number of aromatic nitrogens is 3. The quantitative estimate of drug-likeness (QED) is 0.404. The summed E-state index contributed by atoms with van der Waals surface area (Å²) >= 11 is 1.71. The molecule has 0 saturated heterocycles. The summed E-state index contributed by atoms with van der Waals surface area (Å²) in [6.07, 6.45) is 1.88. The number of ether oxygens (including phenoxy) is 1. The van der Waals surface area contributed by atoms with E-state index in [2.05, 4.69) is 65.0 Å². The molecule has 3 rings (SSSR count). The van der Waals surface area contributed by atoms with Gasteiger partial charge in [0.1, 0.15) is 11.6 Å². The van der Waals surface area contributed by atoms with Gasteiger partial charge in [-0.1, -0.05) is 66.7 Å². The third-order valence-electron chi connectivity index (χ3n) is 4.05. The van der Waals surface area contributed by atoms with E-state index in [1.807, 2.05) is 18.2 Å². The number of hydrogen-bond acceptors (Lipinski definition) is 4. The molecule has 0 spiro atoms. The molecule has 0 aliphatic carbocycles. The summed E-state index contributed by atoms with van der Waals surface area (Å²) in [5.41, 5.74) is 2.50. The first-order chi connectivity index (χ1) is 12.8. The number of nitrogens with zero attached hydrogens (tertiary/aromatic N) is 3. The molecule has 5 heteroatoms. The Balaban J connectivity index is 1.57. The van der Waals surface area contributed by atoms with Gasteiger partial charge in [0.05, 0.1) is 6.61 Å². The van der Waals surface area contributed by atoms with E-state index in [4.69, 9.17) is 4.74 Å². The van der Waals surface area contributed by atoms with Gasteiger partial charge >= 0.3 is 0 Å². The molecule has 1 heterocycles. The van der Waals surface area contributed by atoms with Gasteiger partial charge < -0.3 is 9.30 Å². The predicted octanol–water partition coefficient (Wildman–Crippen LogP) is 4.76. The third kappa shape index (κ3) is 5.11. The molecule has 0 amide bonds. The molecule has 0 bridgehead atoms. The van der Waals surface area contributed by atoms with Crippen molar-refractivity contribution >= 4 is 11.8 Å². The molecule has 0 radical (unpaired) electrons. The fourth-order valence-electron chi connectivity index (χ4n) is 2.71. The summed E-state index contributed by atoms with van der Waals surface area (Å²) in [6, 6.07) is 18.6. The fraction of sp³-hybridized carbons (Fsp3) is 0.333. The van der Waals surface area contributed by atoms with Crippen LogP contribution in [0, 0.1) is 6.92 Å². The van der Waals surface area contributed by atoms with Crippen LogP contribution in [0.25, 0.3) is 0 Å². The van der Waals surface area contributed by atoms with Gasteiger partial charge in [0.2, 0.25) is 0 Å². The fourth-order valence-corrected chi connectivity index (χ4v) is 3.51. The molecule has 4 nitrogen and oxygen atoms in total. The minimum atomic E-state index is 0.654. The lowest BCUT2D eigenvalue weighted by molar-refractivity contribution is 0.343. The van der Waals surface area contributed by atoms with Crippen molar-refractivity contribution in [3.63, 3.8) is 0 Å². The van der Waals surface area contributed by atoms with E-state index >= 15 is 0 Å². The highest BCUT2D eigenvalue weighted by Gasteiger charge is 2.12. The lowest BCUT2D eigenvalue weighted by Gasteiger charge is -2.09. The van der Waals surface area contributed by atoms with Crippen LogP contribution in [0.3, 0.4) is 0 Å². The van der Waals surface area contributed by atoms with E-state index < -0.39 is 0 Å². The molecule has 0 saturated carbocycles. The number of hydrogen-bond donors (Lipinski definition) is 0. The maximum atomic E-state index is 5.81. The topological polar surface area (TPSA) is 39.9 Å². The van der Waals surface area contributed by atoms with Gasteiger partial charge in [-0.25, -0.2) is 0 Å². The van der Waals surface area contributed by atoms with Gasteiger partial charge in [-0.15, -0.1) is 10.2 Å². The molecule has 136 valence electrons. The summed E-state index contributed by atoms with van der Waals surface area (Å²) in [6.45, 7) is 5.85. The number of thioether (sulfide) groups is 1. The minimum absolute atomic E-state index is 0.654. The molecule has 0 unspecified atom stereocenters. The van der Waals surface area contributed by atoms with Crippen molar-refractivity contribution in [1.82, 2.24) is 14.8 Å². The van der Waals surface area contributed by atoms with Crippen LogP contribution in [0.4, 0.5) is 0 Å². The summed E-state index contributed by atoms with van der Waals surface area (Å²) in [4.78, 5) is 0. The molecule has 3 aromatic rings. The normalized spacial score (nSPS) is 10.8. The maximum absolute atomic E-state index is 5.81. The number of aryl methyl sites for hydroxylation is 1. The molecule has 0 aliphatic rings. The maximum Gasteiger partial charge on any atom is 0.191 e. The Bertz CT molecular complexity index is 800. The minimum Gasteiger partial charge on any atom is -0.493 e. The zero-order chi connectivity index (χ0) is 18.2. The second-order valence-corrected chi connectivity index (χ2v) is 7.28. The van der Waals surface area contributed by atoms with Crippen molar-refractivity contribution in [3.05, 3.63) is 71.5 Å². The van der Waals surface area contributed by atoms with E-state index in [9.17, 15) is 0 Å². The molecule has 0 N–H and O–H groups in total. The third-order valence-corrected chi connectivity index (χ3v) is 4.98. The molecule has 0 atom stereocenters. The Morgan fingerprint density at radius 2 is 1.77 bits per heavy atom. The van der Waals surface area contributed by atoms with Crippen LogP contribution in [-0.2, 0) is 13.0 Å². The molecule has 2 aromatic carbocycles. The predicted molar refractivity (Wildman–Crippen MR) is 107 cm³/mol. The van der Waals surface area contributed by atoms with Crippen LogP contribution in [0.15, 0.2) is 59.8 Å². The molecule has 0 aliphatic heterocycles. The second-order valence-electron chi connectivity index (χ2n) is 6.22. The Morgan fingerprint density at radius 3 is 2.50 bits per heavy atom. The first-order valence-corrected chi connectivity index (χ1v) is 10.0. The smallest absolute Gasteiger partial charge is 0.191 e. The van der Waals surface area contributed by atoms with Crippen molar-refractivity contribution in [3.8, 4) is 5.75 Å². The van der Waals surface area contributed by atoms with Crippen molar-refractivity contribution in [2.24, 2.45) is 0 Å². The van der Waals surface area contributed by atoms with Crippen LogP contribution in [-0.4, -0.2) is 27.1 Å². The molecule has 1 aromatic heterocycles. The largest absolute Gasteiger partial charge is 0.493 e. The van der Waals surface area contributed by atoms with Crippen LogP contribution in [0.5, 0.6) is 5.75 Å². The molecular formula is C21H25N3OS. The summed E-state index contributed by atoms with van der Waals surface area (Å²) in [7, 11) is 0. The highest BCUT2D eigenvalue weighted by molar-refractivity contribution is 7.99. The molecular weight excluding hydrogens is 342 g/mol. The summed E-state index contributed by atoms with van der Waals surface area (Å²) in [5, 5.41) is 9.81. The van der Waals surface area contributed by atoms with Gasteiger partial charge in [0.15, 0.2) is 5.16 Å². The van der Waals surface area contributed by atoms with Gasteiger partial charge in [0.25, 0.3) is 0 Å². The van der Waals surface area contributed by atoms with E-state index in [-0.39, 0.29) is 0 Å². The monoisotopic (exact) mass is 367 g/mol. The Hall–Kier alpha value is -2.27. The van der Waals surface area contributed by atoms with Crippen molar-refractivity contribution in [2.75, 3.05) is 12.4 Å². The Labute approximate surface area is 159 Å². The van der Waals surface area contributed by atoms with Gasteiger partial charge in [0, 0.05) is 18.7 Å². The first-order valence-electron chi connectivity index (χ1n) is 9.04. The molecule has 26 heavy (non-hydrogen) atoms. The average molecular weight is 368 g/mol. The zero-order valence-corrected chi connectivity index (χ0v) is 16.2. The van der Waals surface area contributed by atoms with Gasteiger partial charge in [-0.05, 0) is 31.0 Å². The lowest BCUT2D eigenvalue weighted by atomic mass is 10.1. The highest BCUT2D eigenvalue weighted by Crippen LogP contribution is 2.20.